The zero-order chi connectivity index (χ0) is 34.5. The predicted molar refractivity (Wildman–Crippen MR) is 219 cm³/mol. The minimum Gasteiger partial charge on any atom is -0.310 e. The molecule has 0 N–H and O–H groups in total. The lowest BCUT2D eigenvalue weighted by Gasteiger charge is -2.28. The lowest BCUT2D eigenvalue weighted by Crippen LogP contribution is -2.28. The molecule has 7 aromatic rings. The summed E-state index contributed by atoms with van der Waals surface area (Å²) in [4.78, 5) is 2.45. The molecule has 1 aliphatic rings. The number of rotatable bonds is 9. The molecule has 6 aromatic carbocycles. The van der Waals surface area contributed by atoms with Gasteiger partial charge in [0, 0.05) is 38.9 Å². The van der Waals surface area contributed by atoms with Gasteiger partial charge in [-0.25, -0.2) is 0 Å². The highest BCUT2D eigenvalue weighted by Gasteiger charge is 2.35. The van der Waals surface area contributed by atoms with Crippen LogP contribution in [0.15, 0.2) is 145 Å². The second-order valence-corrected chi connectivity index (χ2v) is 19.7. The number of nitrogens with zero attached hydrogens (tertiary/aromatic N) is 2. The Bertz CT molecular complexity index is 2350. The van der Waals surface area contributed by atoms with Crippen LogP contribution >= 0.6 is 0 Å². The topological polar surface area (TPSA) is 8.17 Å². The third-order valence-corrected chi connectivity index (χ3v) is 16.7. The normalized spacial score (nSPS) is 13.6. The fraction of sp³-hybridized carbons (Fsp3) is 0.191. The fourth-order valence-electron chi connectivity index (χ4n) is 8.34. The molecule has 0 atom stereocenters. The summed E-state index contributed by atoms with van der Waals surface area (Å²) in [5.74, 6) is 0. The first-order valence-electron chi connectivity index (χ1n) is 18.3. The molecule has 0 radical (unpaired) electrons. The van der Waals surface area contributed by atoms with Gasteiger partial charge in [0.1, 0.15) is 0 Å². The van der Waals surface area contributed by atoms with Crippen LogP contribution in [-0.2, 0) is 5.41 Å². The molecule has 248 valence electrons. The Morgan fingerprint density at radius 2 is 1.16 bits per heavy atom. The highest BCUT2D eigenvalue weighted by Crippen LogP contribution is 2.51. The highest BCUT2D eigenvalue weighted by atomic mass is 28.3. The van der Waals surface area contributed by atoms with Crippen LogP contribution in [0, 0.1) is 0 Å². The highest BCUT2D eigenvalue weighted by molar-refractivity contribution is 6.84. The number of fused-ring (bicyclic) bond motifs is 6. The molecule has 1 heterocycles. The van der Waals surface area contributed by atoms with Crippen LogP contribution in [0.25, 0.3) is 44.7 Å². The van der Waals surface area contributed by atoms with Crippen molar-refractivity contribution >= 4 is 53.0 Å². The van der Waals surface area contributed by atoms with Crippen molar-refractivity contribution in [2.24, 2.45) is 0 Å². The maximum atomic E-state index is 2.58. The maximum Gasteiger partial charge on any atom is 0.0770 e. The molecule has 8 rings (SSSR count). The number of para-hydroxylation sites is 2. The molecule has 0 amide bonds. The first-order chi connectivity index (χ1) is 24.4. The van der Waals surface area contributed by atoms with Crippen molar-refractivity contribution in [1.29, 1.82) is 0 Å². The van der Waals surface area contributed by atoms with Crippen LogP contribution in [0.2, 0.25) is 18.1 Å². The third-order valence-electron chi connectivity index (χ3n) is 11.6. The summed E-state index contributed by atoms with van der Waals surface area (Å²) in [5.41, 5.74) is 16.3. The van der Waals surface area contributed by atoms with Gasteiger partial charge < -0.3 is 9.47 Å². The average molecular weight is 667 g/mol. The molecule has 0 saturated carbocycles. The van der Waals surface area contributed by atoms with Gasteiger partial charge in [0.15, 0.2) is 0 Å². The van der Waals surface area contributed by atoms with Crippen molar-refractivity contribution in [2.45, 2.75) is 58.2 Å². The number of hydrogen-bond acceptors (Lipinski definition) is 1. The fourth-order valence-corrected chi connectivity index (χ4v) is 11.1. The van der Waals surface area contributed by atoms with E-state index in [1.807, 2.05) is 0 Å². The van der Waals surface area contributed by atoms with Gasteiger partial charge in [-0.3, -0.25) is 0 Å². The first-order valence-corrected chi connectivity index (χ1v) is 21.0. The molecule has 50 heavy (non-hydrogen) atoms. The monoisotopic (exact) mass is 666 g/mol. The number of benzene rings is 6. The van der Waals surface area contributed by atoms with Crippen molar-refractivity contribution in [1.82, 2.24) is 4.57 Å². The number of anilines is 3. The van der Waals surface area contributed by atoms with Crippen molar-refractivity contribution < 1.29 is 0 Å². The zero-order valence-electron chi connectivity index (χ0n) is 29.9. The van der Waals surface area contributed by atoms with E-state index in [1.54, 1.807) is 0 Å². The summed E-state index contributed by atoms with van der Waals surface area (Å²) in [7, 11) is -1.36. The van der Waals surface area contributed by atoms with Gasteiger partial charge in [-0.15, -0.1) is 0 Å². The smallest absolute Gasteiger partial charge is 0.0770 e. The summed E-state index contributed by atoms with van der Waals surface area (Å²) < 4.78 is 2.39. The minimum atomic E-state index is -1.36. The molecule has 1 aliphatic carbocycles. The van der Waals surface area contributed by atoms with Gasteiger partial charge in [-0.05, 0) is 88.5 Å². The molecule has 0 aliphatic heterocycles. The second-order valence-electron chi connectivity index (χ2n) is 14.5. The first kappa shape index (κ1) is 32.1. The Morgan fingerprint density at radius 1 is 0.560 bits per heavy atom. The van der Waals surface area contributed by atoms with Gasteiger partial charge in [-0.2, -0.15) is 0 Å². The van der Waals surface area contributed by atoms with E-state index in [0.717, 1.165) is 11.4 Å². The quantitative estimate of drug-likeness (QED) is 0.139. The Labute approximate surface area is 298 Å². The molecular weight excluding hydrogens is 621 g/mol. The van der Waals surface area contributed by atoms with E-state index in [1.165, 1.54) is 79.1 Å². The summed E-state index contributed by atoms with van der Waals surface area (Å²) in [6.07, 6.45) is 2.39. The van der Waals surface area contributed by atoms with E-state index in [2.05, 4.69) is 195 Å². The summed E-state index contributed by atoms with van der Waals surface area (Å²) in [5, 5.41) is 2.51. The maximum absolute atomic E-state index is 2.58. The number of aromatic nitrogens is 1. The standard InChI is InChI=1S/C47H46N2Si/c1-6-50(7-2,8-3)31-30-34-22-24-36(25-23-34)48(38-26-28-40-39-18-12-14-20-43(39)47(4,5)44(40)33-38)37-27-29-46-42(32-37)41-19-13-15-21-45(41)49(46)35-16-10-9-11-17-35/h9-33H,6-8H2,1-5H3. The van der Waals surface area contributed by atoms with Crippen LogP contribution in [0.1, 0.15) is 51.3 Å². The molecular formula is C47H46N2Si. The molecule has 3 heteroatoms. The summed E-state index contributed by atoms with van der Waals surface area (Å²) >= 11 is 0. The van der Waals surface area contributed by atoms with Crippen LogP contribution in [-0.4, -0.2) is 12.6 Å². The largest absolute Gasteiger partial charge is 0.310 e. The van der Waals surface area contributed by atoms with Gasteiger partial charge in [0.2, 0.25) is 0 Å². The van der Waals surface area contributed by atoms with Crippen LogP contribution in [0.5, 0.6) is 0 Å². The Balaban J connectivity index is 1.29. The van der Waals surface area contributed by atoms with E-state index in [0.29, 0.717) is 0 Å². The summed E-state index contributed by atoms with van der Waals surface area (Å²) in [6.45, 7) is 11.8. The molecule has 0 fully saturated rings. The Kier molecular flexibility index (Phi) is 8.12. The zero-order valence-corrected chi connectivity index (χ0v) is 30.9. The van der Waals surface area contributed by atoms with Crippen LogP contribution < -0.4 is 4.90 Å². The van der Waals surface area contributed by atoms with Crippen molar-refractivity contribution in [3.8, 4) is 16.8 Å². The molecule has 0 spiro atoms. The van der Waals surface area contributed by atoms with E-state index >= 15 is 0 Å². The molecule has 0 bridgehead atoms. The van der Waals surface area contributed by atoms with Crippen molar-refractivity contribution in [3.05, 3.63) is 162 Å². The van der Waals surface area contributed by atoms with E-state index < -0.39 is 8.07 Å². The lowest BCUT2D eigenvalue weighted by molar-refractivity contribution is 0.660. The average Bonchev–Trinajstić information content (AvgIpc) is 3.61. The van der Waals surface area contributed by atoms with Crippen molar-refractivity contribution in [3.63, 3.8) is 0 Å². The van der Waals surface area contributed by atoms with Crippen LogP contribution in [0.3, 0.4) is 0 Å². The second kappa shape index (κ2) is 12.6. The molecule has 1 aromatic heterocycles. The third kappa shape index (κ3) is 5.23. The molecule has 0 saturated heterocycles. The Hall–Kier alpha value is -5.12. The number of hydrogen-bond donors (Lipinski definition) is 0. The lowest BCUT2D eigenvalue weighted by atomic mass is 9.82. The van der Waals surface area contributed by atoms with E-state index in [4.69, 9.17) is 0 Å². The van der Waals surface area contributed by atoms with E-state index in [-0.39, 0.29) is 5.41 Å². The van der Waals surface area contributed by atoms with Gasteiger partial charge >= 0.3 is 0 Å². The van der Waals surface area contributed by atoms with Crippen molar-refractivity contribution in [2.75, 3.05) is 4.90 Å². The van der Waals surface area contributed by atoms with Gasteiger partial charge in [-0.1, -0.05) is 143 Å². The molecule has 0 unspecified atom stereocenters. The van der Waals surface area contributed by atoms with E-state index in [9.17, 15) is 0 Å². The predicted octanol–water partition coefficient (Wildman–Crippen LogP) is 13.6. The Morgan fingerprint density at radius 3 is 1.92 bits per heavy atom. The molecule has 2 nitrogen and oxygen atoms in total. The minimum absolute atomic E-state index is 0.0798. The SMILES string of the molecule is CC[Si](C=Cc1ccc(N(c2ccc3c(c2)C(C)(C)c2ccccc2-3)c2ccc3c(c2)c2ccccc2n3-c2ccccc2)cc1)(CC)CC. The van der Waals surface area contributed by atoms with Crippen LogP contribution in [0.4, 0.5) is 17.1 Å². The summed E-state index contributed by atoms with van der Waals surface area (Å²) in [6, 6.07) is 55.6. The van der Waals surface area contributed by atoms with Gasteiger partial charge in [0.25, 0.3) is 0 Å². The van der Waals surface area contributed by atoms with Gasteiger partial charge in [0.05, 0.1) is 19.1 Å².